The maximum atomic E-state index is 13.3. The Balaban J connectivity index is 1.72. The van der Waals surface area contributed by atoms with Gasteiger partial charge in [0.05, 0.1) is 23.6 Å². The van der Waals surface area contributed by atoms with Gasteiger partial charge >= 0.3 is 0 Å². The van der Waals surface area contributed by atoms with E-state index in [9.17, 15) is 8.42 Å². The second kappa shape index (κ2) is 8.03. The van der Waals surface area contributed by atoms with Crippen molar-refractivity contribution in [2.45, 2.75) is 17.9 Å². The van der Waals surface area contributed by atoms with Gasteiger partial charge in [-0.25, -0.2) is 13.1 Å². The zero-order chi connectivity index (χ0) is 20.3. The molecule has 0 fully saturated rings. The molecule has 3 aromatic carbocycles. The van der Waals surface area contributed by atoms with Gasteiger partial charge in [-0.05, 0) is 30.2 Å². The van der Waals surface area contributed by atoms with Crippen molar-refractivity contribution in [3.8, 4) is 5.69 Å². The van der Waals surface area contributed by atoms with Gasteiger partial charge in [-0.15, -0.1) is 0 Å². The number of nitrogens with zero attached hydrogens (tertiary/aromatic N) is 2. The normalized spacial score (nSPS) is 11.7. The lowest BCUT2D eigenvalue weighted by atomic mass is 10.00. The smallest absolute Gasteiger partial charge is 0.239 e. The first-order valence-electron chi connectivity index (χ1n) is 9.28. The minimum Gasteiger partial charge on any atom is -0.239 e. The van der Waals surface area contributed by atoms with Gasteiger partial charge in [0.15, 0.2) is 0 Å². The third-order valence-corrected chi connectivity index (χ3v) is 6.23. The van der Waals surface area contributed by atoms with Crippen LogP contribution in [0.2, 0.25) is 0 Å². The molecule has 4 rings (SSSR count). The molecule has 0 radical (unpaired) electrons. The quantitative estimate of drug-likeness (QED) is 0.523. The molecule has 0 atom stereocenters. The molecule has 1 heterocycles. The Labute approximate surface area is 170 Å². The van der Waals surface area contributed by atoms with Gasteiger partial charge in [-0.1, -0.05) is 78.9 Å². The van der Waals surface area contributed by atoms with E-state index in [0.717, 1.165) is 16.8 Å². The SMILES string of the molecule is Cc1nn(-c2ccccc2)cc1S(=O)(=O)NC(c1ccccc1)c1ccccc1. The first-order chi connectivity index (χ1) is 14.0. The molecule has 0 bridgehead atoms. The highest BCUT2D eigenvalue weighted by Crippen LogP contribution is 2.25. The molecule has 0 saturated carbocycles. The van der Waals surface area contributed by atoms with Crippen molar-refractivity contribution in [1.29, 1.82) is 0 Å². The Morgan fingerprint density at radius 1 is 0.793 bits per heavy atom. The Hall–Kier alpha value is -3.22. The van der Waals surface area contributed by atoms with Crippen molar-refractivity contribution >= 4 is 10.0 Å². The summed E-state index contributed by atoms with van der Waals surface area (Å²) in [5.74, 6) is 0. The average Bonchev–Trinajstić information content (AvgIpc) is 3.17. The summed E-state index contributed by atoms with van der Waals surface area (Å²) in [4.78, 5) is 0.165. The number of para-hydroxylation sites is 1. The van der Waals surface area contributed by atoms with Gasteiger partial charge < -0.3 is 0 Å². The molecule has 29 heavy (non-hydrogen) atoms. The van der Waals surface area contributed by atoms with E-state index in [-0.39, 0.29) is 4.90 Å². The lowest BCUT2D eigenvalue weighted by Gasteiger charge is -2.19. The standard InChI is InChI=1S/C23H21N3O2S/c1-18-22(17-26(24-18)21-15-9-4-10-16-21)29(27,28)25-23(19-11-5-2-6-12-19)20-13-7-3-8-14-20/h2-17,23,25H,1H3. The van der Waals surface area contributed by atoms with Crippen LogP contribution in [-0.2, 0) is 10.0 Å². The van der Waals surface area contributed by atoms with E-state index in [4.69, 9.17) is 0 Å². The summed E-state index contributed by atoms with van der Waals surface area (Å²) in [6.07, 6.45) is 1.56. The maximum Gasteiger partial charge on any atom is 0.244 e. The summed E-state index contributed by atoms with van der Waals surface area (Å²) in [6.45, 7) is 1.70. The molecule has 1 aromatic heterocycles. The van der Waals surface area contributed by atoms with Crippen LogP contribution in [0.25, 0.3) is 5.69 Å². The molecule has 0 spiro atoms. The second-order valence-electron chi connectivity index (χ2n) is 6.73. The van der Waals surface area contributed by atoms with Gasteiger partial charge in [-0.3, -0.25) is 0 Å². The number of nitrogens with one attached hydrogen (secondary N) is 1. The average molecular weight is 404 g/mol. The van der Waals surface area contributed by atoms with E-state index in [0.29, 0.717) is 5.69 Å². The van der Waals surface area contributed by atoms with Crippen molar-refractivity contribution in [3.05, 3.63) is 114 Å². The maximum absolute atomic E-state index is 13.3. The van der Waals surface area contributed by atoms with Crippen LogP contribution in [0.4, 0.5) is 0 Å². The predicted molar refractivity (Wildman–Crippen MR) is 113 cm³/mol. The number of rotatable bonds is 6. The minimum absolute atomic E-state index is 0.165. The van der Waals surface area contributed by atoms with Gasteiger partial charge in [0.1, 0.15) is 4.90 Å². The van der Waals surface area contributed by atoms with Gasteiger partial charge in [-0.2, -0.15) is 9.82 Å². The first kappa shape index (κ1) is 19.1. The molecular formula is C23H21N3O2S. The Kier molecular flexibility index (Phi) is 5.29. The Bertz CT molecular complexity index is 1150. The number of aromatic nitrogens is 2. The third-order valence-electron chi connectivity index (χ3n) is 4.70. The fraction of sp³-hybridized carbons (Fsp3) is 0.0870. The molecule has 0 aliphatic carbocycles. The van der Waals surface area contributed by atoms with Crippen LogP contribution in [0.5, 0.6) is 0 Å². The molecule has 1 N–H and O–H groups in total. The van der Waals surface area contributed by atoms with Crippen molar-refractivity contribution in [3.63, 3.8) is 0 Å². The molecule has 6 heteroatoms. The largest absolute Gasteiger partial charge is 0.244 e. The summed E-state index contributed by atoms with van der Waals surface area (Å²) in [5.41, 5.74) is 2.99. The summed E-state index contributed by atoms with van der Waals surface area (Å²) >= 11 is 0. The minimum atomic E-state index is -3.81. The number of benzene rings is 3. The van der Waals surface area contributed by atoms with Crippen molar-refractivity contribution in [1.82, 2.24) is 14.5 Å². The van der Waals surface area contributed by atoms with E-state index < -0.39 is 16.1 Å². The highest BCUT2D eigenvalue weighted by molar-refractivity contribution is 7.89. The Morgan fingerprint density at radius 2 is 1.28 bits per heavy atom. The van der Waals surface area contributed by atoms with Crippen LogP contribution in [0.1, 0.15) is 22.9 Å². The van der Waals surface area contributed by atoms with Crippen LogP contribution >= 0.6 is 0 Å². The summed E-state index contributed by atoms with van der Waals surface area (Å²) in [6, 6.07) is 28.0. The number of sulfonamides is 1. The third kappa shape index (κ3) is 4.13. The van der Waals surface area contributed by atoms with E-state index >= 15 is 0 Å². The highest BCUT2D eigenvalue weighted by atomic mass is 32.2. The zero-order valence-electron chi connectivity index (χ0n) is 15.9. The molecule has 0 aliphatic rings. The van der Waals surface area contributed by atoms with Crippen LogP contribution < -0.4 is 4.72 Å². The molecular weight excluding hydrogens is 382 g/mol. The van der Waals surface area contributed by atoms with Crippen molar-refractivity contribution in [2.24, 2.45) is 0 Å². The fourth-order valence-electron chi connectivity index (χ4n) is 3.26. The molecule has 4 aromatic rings. The lowest BCUT2D eigenvalue weighted by Crippen LogP contribution is -2.29. The number of aryl methyl sites for hydroxylation is 1. The van der Waals surface area contributed by atoms with Crippen LogP contribution in [0.3, 0.4) is 0 Å². The van der Waals surface area contributed by atoms with E-state index in [1.165, 1.54) is 0 Å². The monoisotopic (exact) mass is 403 g/mol. The van der Waals surface area contributed by atoms with E-state index in [1.807, 2.05) is 91.0 Å². The molecule has 0 saturated heterocycles. The van der Waals surface area contributed by atoms with Gasteiger partial charge in [0.25, 0.3) is 0 Å². The molecule has 0 unspecified atom stereocenters. The molecule has 146 valence electrons. The Morgan fingerprint density at radius 3 is 1.79 bits per heavy atom. The number of hydrogen-bond acceptors (Lipinski definition) is 3. The van der Waals surface area contributed by atoms with Crippen molar-refractivity contribution in [2.75, 3.05) is 0 Å². The van der Waals surface area contributed by atoms with E-state index in [2.05, 4.69) is 9.82 Å². The predicted octanol–water partition coefficient (Wildman–Crippen LogP) is 4.25. The summed E-state index contributed by atoms with van der Waals surface area (Å²) < 4.78 is 31.0. The number of hydrogen-bond donors (Lipinski definition) is 1. The highest BCUT2D eigenvalue weighted by Gasteiger charge is 2.26. The topological polar surface area (TPSA) is 64.0 Å². The fourth-order valence-corrected chi connectivity index (χ4v) is 4.64. The first-order valence-corrected chi connectivity index (χ1v) is 10.8. The second-order valence-corrected chi connectivity index (χ2v) is 8.42. The van der Waals surface area contributed by atoms with Gasteiger partial charge in [0, 0.05) is 0 Å². The molecule has 5 nitrogen and oxygen atoms in total. The van der Waals surface area contributed by atoms with Crippen LogP contribution in [-0.4, -0.2) is 18.2 Å². The van der Waals surface area contributed by atoms with Gasteiger partial charge in [0.2, 0.25) is 10.0 Å². The molecule has 0 amide bonds. The van der Waals surface area contributed by atoms with Crippen LogP contribution in [0, 0.1) is 6.92 Å². The summed E-state index contributed by atoms with van der Waals surface area (Å²) in [7, 11) is -3.81. The zero-order valence-corrected chi connectivity index (χ0v) is 16.8. The van der Waals surface area contributed by atoms with E-state index in [1.54, 1.807) is 17.8 Å². The van der Waals surface area contributed by atoms with Crippen molar-refractivity contribution < 1.29 is 8.42 Å². The summed E-state index contributed by atoms with van der Waals surface area (Å²) in [5, 5.41) is 4.40. The molecule has 0 aliphatic heterocycles. The lowest BCUT2D eigenvalue weighted by molar-refractivity contribution is 0.571. The van der Waals surface area contributed by atoms with Crippen LogP contribution in [0.15, 0.2) is 102 Å².